The number of aliphatic hydroxyl groups excluding tert-OH is 1. The maximum absolute atomic E-state index is 15.1. The number of ketones is 1. The Labute approximate surface area is 345 Å². The second-order valence-electron chi connectivity index (χ2n) is 18.0. The predicted octanol–water partition coefficient (Wildman–Crippen LogP) is 5.77. The second-order valence-corrected chi connectivity index (χ2v) is 18.0. The molecule has 1 aromatic heterocycles. The molecular weight excluding hydrogens is 765 g/mol. The first-order valence-corrected chi connectivity index (χ1v) is 19.7. The lowest BCUT2D eigenvalue weighted by Gasteiger charge is -2.54. The van der Waals surface area contributed by atoms with Gasteiger partial charge in [0.05, 0.1) is 12.1 Å². The molecule has 0 fully saturated rings. The fourth-order valence-electron chi connectivity index (χ4n) is 8.28. The van der Waals surface area contributed by atoms with Crippen LogP contribution in [0.1, 0.15) is 105 Å². The molecule has 3 atom stereocenters. The van der Waals surface area contributed by atoms with Gasteiger partial charge >= 0.3 is 11.9 Å². The second kappa shape index (κ2) is 19.4. The van der Waals surface area contributed by atoms with Crippen molar-refractivity contribution in [1.82, 2.24) is 19.7 Å². The van der Waals surface area contributed by atoms with Crippen LogP contribution in [0.4, 0.5) is 8.78 Å². The summed E-state index contributed by atoms with van der Waals surface area (Å²) in [5.41, 5.74) is 3.47. The fraction of sp³-hybridized carbons (Fsp3) is 0.523. The van der Waals surface area contributed by atoms with E-state index in [0.29, 0.717) is 17.8 Å². The molecule has 0 unspecified atom stereocenters. The maximum Gasteiger partial charge on any atom is 0.331 e. The highest BCUT2D eigenvalue weighted by molar-refractivity contribution is 6.08. The van der Waals surface area contributed by atoms with Gasteiger partial charge in [0, 0.05) is 66.6 Å². The smallest absolute Gasteiger partial charge is 0.331 e. The average molecular weight is 826 g/mol. The van der Waals surface area contributed by atoms with Gasteiger partial charge in [-0.2, -0.15) is 0 Å². The number of carbonyl (C=O) groups is 5. The number of nitrogens with two attached hydrogens (primary N) is 1. The number of nitrogens with one attached hydrogen (secondary N) is 1. The highest BCUT2D eigenvalue weighted by atomic mass is 19.1. The van der Waals surface area contributed by atoms with Crippen LogP contribution >= 0.6 is 0 Å². The quantitative estimate of drug-likeness (QED) is 0.0927. The third-order valence-electron chi connectivity index (χ3n) is 10.1. The van der Waals surface area contributed by atoms with Crippen LogP contribution in [0.15, 0.2) is 60.8 Å². The van der Waals surface area contributed by atoms with Crippen molar-refractivity contribution in [2.45, 2.75) is 123 Å². The molecule has 0 saturated heterocycles. The molecule has 0 bridgehead atoms. The van der Waals surface area contributed by atoms with Crippen LogP contribution in [0, 0.1) is 17.0 Å². The summed E-state index contributed by atoms with van der Waals surface area (Å²) < 4.78 is 31.3. The minimum absolute atomic E-state index is 0.0231. The van der Waals surface area contributed by atoms with Gasteiger partial charge < -0.3 is 35.8 Å². The summed E-state index contributed by atoms with van der Waals surface area (Å²) in [7, 11) is 0. The Morgan fingerprint density at radius 1 is 0.864 bits per heavy atom. The number of benzene rings is 2. The van der Waals surface area contributed by atoms with E-state index >= 15 is 4.39 Å². The number of rotatable bonds is 19. The summed E-state index contributed by atoms with van der Waals surface area (Å²) in [5.74, 6) is -6.17. The van der Waals surface area contributed by atoms with E-state index in [1.54, 1.807) is 53.8 Å². The molecule has 15 heteroatoms. The average Bonchev–Trinajstić information content (AvgIpc) is 3.52. The van der Waals surface area contributed by atoms with Gasteiger partial charge in [-0.25, -0.2) is 13.6 Å². The Balaban J connectivity index is 1.92. The van der Waals surface area contributed by atoms with Crippen LogP contribution in [-0.2, 0) is 30.5 Å². The molecule has 0 saturated carbocycles. The van der Waals surface area contributed by atoms with Crippen molar-refractivity contribution in [2.24, 2.45) is 11.1 Å². The summed E-state index contributed by atoms with van der Waals surface area (Å²) in [6.45, 7) is 15.1. The standard InChI is InChI=1S/C44H61F2N5O8/c1-41(2,3)38(34-23-29(31-24-30(45)15-16-32(31)46)26-49(34)25-28-13-11-10-12-14-28)50(36(54)27-52)22-19-33(47)39(57)48-21-18-35(53)44(40(58)59,20-17-37(55)56)51(42(4,5)6)43(7,8)9/h10-16,23-24,26,33,38,52H,17-22,25,27,47H2,1-9H3,(H,48,57)(H,55,56)(H,58,59)/t33-,38-,44-/m0/s1. The molecule has 3 aromatic rings. The zero-order valence-corrected chi connectivity index (χ0v) is 35.6. The van der Waals surface area contributed by atoms with E-state index in [1.165, 1.54) is 9.80 Å². The van der Waals surface area contributed by atoms with E-state index in [0.717, 1.165) is 23.8 Å². The SMILES string of the molecule is CC(C)(C)[C@H](c1cc(-c2cc(F)ccc2F)cn1Cc1ccccc1)N(CC[C@H](N)C(=O)NCCC(=O)[C@@](CCC(=O)O)(C(=O)O)N(C(C)(C)C)C(C)(C)C)C(=O)CO. The molecule has 6 N–H and O–H groups in total. The molecule has 3 rings (SSSR count). The van der Waals surface area contributed by atoms with Crippen LogP contribution in [0.2, 0.25) is 0 Å². The van der Waals surface area contributed by atoms with Gasteiger partial charge in [-0.15, -0.1) is 0 Å². The number of carbonyl (C=O) groups excluding carboxylic acids is 3. The number of nitrogens with zero attached hydrogens (tertiary/aromatic N) is 3. The minimum Gasteiger partial charge on any atom is -0.481 e. The van der Waals surface area contributed by atoms with Crippen molar-refractivity contribution in [3.63, 3.8) is 0 Å². The lowest BCUT2D eigenvalue weighted by molar-refractivity contribution is -0.172. The lowest BCUT2D eigenvalue weighted by atomic mass is 9.78. The van der Waals surface area contributed by atoms with Crippen molar-refractivity contribution in [3.8, 4) is 11.1 Å². The van der Waals surface area contributed by atoms with Gasteiger partial charge in [-0.3, -0.25) is 24.1 Å². The Kier molecular flexibility index (Phi) is 15.9. The molecule has 324 valence electrons. The number of hydrogen-bond donors (Lipinski definition) is 5. The highest BCUT2D eigenvalue weighted by Crippen LogP contribution is 2.42. The summed E-state index contributed by atoms with van der Waals surface area (Å²) in [4.78, 5) is 68.6. The number of hydrogen-bond acceptors (Lipinski definition) is 8. The topological polar surface area (TPSA) is 196 Å². The molecule has 0 spiro atoms. The number of halogens is 2. The first-order chi connectivity index (χ1) is 27.2. The van der Waals surface area contributed by atoms with Crippen LogP contribution in [0.5, 0.6) is 0 Å². The van der Waals surface area contributed by atoms with Gasteiger partial charge in [-0.1, -0.05) is 51.1 Å². The highest BCUT2D eigenvalue weighted by Gasteiger charge is 2.57. The van der Waals surface area contributed by atoms with Crippen molar-refractivity contribution >= 4 is 29.5 Å². The fourth-order valence-corrected chi connectivity index (χ4v) is 8.28. The lowest BCUT2D eigenvalue weighted by Crippen LogP contribution is -2.71. The number of aliphatic carboxylic acids is 2. The predicted molar refractivity (Wildman–Crippen MR) is 220 cm³/mol. The van der Waals surface area contributed by atoms with Crippen LogP contribution in [0.3, 0.4) is 0 Å². The van der Waals surface area contributed by atoms with Gasteiger partial charge in [0.25, 0.3) is 0 Å². The first kappa shape index (κ1) is 48.4. The van der Waals surface area contributed by atoms with Crippen molar-refractivity contribution in [1.29, 1.82) is 0 Å². The van der Waals surface area contributed by atoms with Gasteiger partial charge in [0.2, 0.25) is 11.8 Å². The number of aromatic nitrogens is 1. The Bertz CT molecular complexity index is 1950. The summed E-state index contributed by atoms with van der Waals surface area (Å²) in [6, 6.07) is 12.3. The van der Waals surface area contributed by atoms with E-state index in [2.05, 4.69) is 5.32 Å². The number of Topliss-reactive ketones (excluding diaryl/α,β-unsaturated/α-hetero) is 1. The normalized spacial score (nSPS) is 14.3. The zero-order chi connectivity index (χ0) is 44.7. The largest absolute Gasteiger partial charge is 0.481 e. The minimum atomic E-state index is -2.23. The monoisotopic (exact) mass is 825 g/mol. The number of carboxylic acid groups (broad SMARTS) is 2. The van der Waals surface area contributed by atoms with Crippen LogP contribution < -0.4 is 11.1 Å². The Hall–Kier alpha value is -4.99. The number of carboxylic acids is 2. The first-order valence-electron chi connectivity index (χ1n) is 19.7. The van der Waals surface area contributed by atoms with Crippen LogP contribution in [0.25, 0.3) is 11.1 Å². The van der Waals surface area contributed by atoms with Gasteiger partial charge in [0.1, 0.15) is 18.2 Å². The van der Waals surface area contributed by atoms with Crippen LogP contribution in [-0.4, -0.2) is 102 Å². The molecular formula is C44H61F2N5O8. The molecule has 2 amide bonds. The van der Waals surface area contributed by atoms with E-state index < -0.39 is 101 Å². The molecule has 0 aliphatic rings. The van der Waals surface area contributed by atoms with Gasteiger partial charge in [0.15, 0.2) is 11.3 Å². The van der Waals surface area contributed by atoms with Crippen molar-refractivity contribution in [3.05, 3.63) is 83.7 Å². The summed E-state index contributed by atoms with van der Waals surface area (Å²) in [5, 5.41) is 32.9. The van der Waals surface area contributed by atoms with E-state index in [1.807, 2.05) is 55.7 Å². The summed E-state index contributed by atoms with van der Waals surface area (Å²) in [6.07, 6.45) is 0.0549. The molecule has 13 nitrogen and oxygen atoms in total. The van der Waals surface area contributed by atoms with E-state index in [4.69, 9.17) is 5.73 Å². The third-order valence-corrected chi connectivity index (χ3v) is 10.1. The van der Waals surface area contributed by atoms with E-state index in [-0.39, 0.29) is 25.1 Å². The Morgan fingerprint density at radius 3 is 2.00 bits per heavy atom. The molecule has 0 aliphatic heterocycles. The Morgan fingerprint density at radius 2 is 1.47 bits per heavy atom. The molecule has 0 aliphatic carbocycles. The van der Waals surface area contributed by atoms with Crippen molar-refractivity contribution in [2.75, 3.05) is 19.7 Å². The molecule has 59 heavy (non-hydrogen) atoms. The third kappa shape index (κ3) is 12.0. The summed E-state index contributed by atoms with van der Waals surface area (Å²) >= 11 is 0. The number of aliphatic hydroxyl groups is 1. The molecule has 1 heterocycles. The molecule has 0 radical (unpaired) electrons. The van der Waals surface area contributed by atoms with Crippen molar-refractivity contribution < 1.29 is 48.1 Å². The molecule has 2 aromatic carbocycles. The maximum atomic E-state index is 15.1. The van der Waals surface area contributed by atoms with E-state index in [9.17, 15) is 43.7 Å². The van der Waals surface area contributed by atoms with Gasteiger partial charge in [-0.05, 0) is 89.6 Å². The zero-order valence-electron chi connectivity index (χ0n) is 35.6. The number of amides is 2.